The zero-order valence-electron chi connectivity index (χ0n) is 15.0. The Morgan fingerprint density at radius 3 is 2.73 bits per heavy atom. The molecule has 0 saturated heterocycles. The van der Waals surface area contributed by atoms with Crippen molar-refractivity contribution < 1.29 is 9.53 Å². The molecule has 0 unspecified atom stereocenters. The smallest absolute Gasteiger partial charge is 0.323 e. The number of rotatable bonds is 6. The minimum Gasteiger partial charge on any atom is -0.497 e. The number of benzene rings is 2. The lowest BCUT2D eigenvalue weighted by Gasteiger charge is -2.24. The van der Waals surface area contributed by atoms with Gasteiger partial charge >= 0.3 is 5.69 Å². The molecule has 0 bridgehead atoms. The summed E-state index contributed by atoms with van der Waals surface area (Å²) in [5, 5.41) is 2.89. The number of hydrogen-bond donors (Lipinski definition) is 3. The van der Waals surface area contributed by atoms with Gasteiger partial charge in [0.05, 0.1) is 24.2 Å². The van der Waals surface area contributed by atoms with E-state index < -0.39 is 0 Å². The van der Waals surface area contributed by atoms with Gasteiger partial charge in [0.2, 0.25) is 5.91 Å². The summed E-state index contributed by atoms with van der Waals surface area (Å²) in [7, 11) is 3.53. The van der Waals surface area contributed by atoms with E-state index in [2.05, 4.69) is 15.3 Å². The summed E-state index contributed by atoms with van der Waals surface area (Å²) in [5.74, 6) is 0.675. The second kappa shape index (κ2) is 7.45. The number of ether oxygens (including phenoxy) is 1. The van der Waals surface area contributed by atoms with Crippen LogP contribution in [-0.4, -0.2) is 41.0 Å². The highest BCUT2D eigenvalue weighted by Crippen LogP contribution is 2.17. The summed E-state index contributed by atoms with van der Waals surface area (Å²) in [6, 6.07) is 12.7. The molecule has 136 valence electrons. The van der Waals surface area contributed by atoms with Gasteiger partial charge in [0.15, 0.2) is 0 Å². The van der Waals surface area contributed by atoms with Gasteiger partial charge in [-0.05, 0) is 49.9 Å². The zero-order chi connectivity index (χ0) is 18.7. The second-order valence-electron chi connectivity index (χ2n) is 6.27. The summed E-state index contributed by atoms with van der Waals surface area (Å²) in [4.78, 5) is 31.2. The molecule has 3 aromatic rings. The molecular weight excluding hydrogens is 332 g/mol. The molecule has 0 fully saturated rings. The van der Waals surface area contributed by atoms with Gasteiger partial charge in [-0.2, -0.15) is 0 Å². The maximum atomic E-state index is 12.6. The number of anilines is 1. The van der Waals surface area contributed by atoms with Crippen molar-refractivity contribution in [1.82, 2.24) is 14.9 Å². The van der Waals surface area contributed by atoms with Crippen molar-refractivity contribution in [1.29, 1.82) is 0 Å². The molecule has 7 heteroatoms. The molecule has 3 rings (SSSR count). The lowest BCUT2D eigenvalue weighted by atomic mass is 10.1. The number of hydrogen-bond acceptors (Lipinski definition) is 4. The fourth-order valence-electron chi connectivity index (χ4n) is 2.75. The molecule has 0 spiro atoms. The van der Waals surface area contributed by atoms with Crippen LogP contribution in [0, 0.1) is 0 Å². The number of carbonyl (C=O) groups excluding carboxylic acids is 1. The Kier molecular flexibility index (Phi) is 5.09. The molecule has 1 aromatic heterocycles. The van der Waals surface area contributed by atoms with Crippen molar-refractivity contribution >= 4 is 22.6 Å². The number of aromatic nitrogens is 2. The van der Waals surface area contributed by atoms with Crippen LogP contribution in [0.25, 0.3) is 11.0 Å². The molecule has 0 aliphatic heterocycles. The summed E-state index contributed by atoms with van der Waals surface area (Å²) in [6.45, 7) is 2.47. The number of carbonyl (C=O) groups is 1. The standard InChI is InChI=1S/C19H22N4O3/c1-12(23(2)11-13-5-4-6-15(9-13)26-3)18(24)20-14-7-8-16-17(10-14)22-19(25)21-16/h4-10,12H,11H2,1-3H3,(H,20,24)(H2,21,22,25)/t12-/m0/s1. The van der Waals surface area contributed by atoms with E-state index in [-0.39, 0.29) is 17.6 Å². The van der Waals surface area contributed by atoms with E-state index in [1.54, 1.807) is 25.3 Å². The quantitative estimate of drug-likeness (QED) is 0.634. The van der Waals surface area contributed by atoms with Gasteiger partial charge in [-0.1, -0.05) is 12.1 Å². The lowest BCUT2D eigenvalue weighted by Crippen LogP contribution is -2.39. The summed E-state index contributed by atoms with van der Waals surface area (Å²) in [5.41, 5.74) is 2.80. The minimum absolute atomic E-state index is 0.118. The van der Waals surface area contributed by atoms with E-state index >= 15 is 0 Å². The first kappa shape index (κ1) is 17.8. The van der Waals surface area contributed by atoms with Gasteiger partial charge in [0, 0.05) is 12.2 Å². The van der Waals surface area contributed by atoms with Crippen LogP contribution in [0.2, 0.25) is 0 Å². The van der Waals surface area contributed by atoms with Crippen LogP contribution in [0.4, 0.5) is 5.69 Å². The number of likely N-dealkylation sites (N-methyl/N-ethyl adjacent to an activating group) is 1. The van der Waals surface area contributed by atoms with Gasteiger partial charge in [-0.25, -0.2) is 4.79 Å². The number of fused-ring (bicyclic) bond motifs is 1. The van der Waals surface area contributed by atoms with Crippen LogP contribution in [0.1, 0.15) is 12.5 Å². The topological polar surface area (TPSA) is 90.2 Å². The lowest BCUT2D eigenvalue weighted by molar-refractivity contribution is -0.120. The van der Waals surface area contributed by atoms with Crippen molar-refractivity contribution in [3.05, 3.63) is 58.5 Å². The van der Waals surface area contributed by atoms with Gasteiger partial charge < -0.3 is 20.0 Å². The van der Waals surface area contributed by atoms with Crippen molar-refractivity contribution in [2.24, 2.45) is 0 Å². The van der Waals surface area contributed by atoms with Crippen molar-refractivity contribution in [2.45, 2.75) is 19.5 Å². The largest absolute Gasteiger partial charge is 0.497 e. The van der Waals surface area contributed by atoms with E-state index in [1.807, 2.05) is 43.1 Å². The average Bonchev–Trinajstić information content (AvgIpc) is 3.00. The van der Waals surface area contributed by atoms with Gasteiger partial charge in [0.25, 0.3) is 0 Å². The molecular formula is C19H22N4O3. The normalized spacial score (nSPS) is 12.3. The minimum atomic E-state index is -0.331. The monoisotopic (exact) mass is 354 g/mol. The molecule has 0 saturated carbocycles. The van der Waals surface area contributed by atoms with Crippen molar-refractivity contribution in [2.75, 3.05) is 19.5 Å². The molecule has 26 heavy (non-hydrogen) atoms. The van der Waals surface area contributed by atoms with E-state index in [9.17, 15) is 9.59 Å². The molecule has 0 aliphatic rings. The molecule has 3 N–H and O–H groups in total. The molecule has 7 nitrogen and oxygen atoms in total. The first-order valence-electron chi connectivity index (χ1n) is 8.32. The van der Waals surface area contributed by atoms with E-state index in [1.165, 1.54) is 0 Å². The Balaban J connectivity index is 1.66. The van der Waals surface area contributed by atoms with Gasteiger partial charge in [0.1, 0.15) is 5.75 Å². The Hall–Kier alpha value is -3.06. The Morgan fingerprint density at radius 1 is 1.19 bits per heavy atom. The fraction of sp³-hybridized carbons (Fsp3) is 0.263. The maximum absolute atomic E-state index is 12.6. The SMILES string of the molecule is COc1cccc(CN(C)[C@@H](C)C(=O)Nc2ccc3[nH]c(=O)[nH]c3c2)c1. The number of nitrogens with one attached hydrogen (secondary N) is 3. The van der Waals surface area contributed by atoms with Crippen LogP contribution < -0.4 is 15.7 Å². The Labute approximate surface area is 151 Å². The first-order chi connectivity index (χ1) is 12.5. The summed E-state index contributed by atoms with van der Waals surface area (Å²) >= 11 is 0. The third-order valence-electron chi connectivity index (χ3n) is 4.39. The van der Waals surface area contributed by atoms with Crippen LogP contribution in [0.15, 0.2) is 47.3 Å². The Bertz CT molecular complexity index is 976. The molecule has 2 aromatic carbocycles. The van der Waals surface area contributed by atoms with Crippen LogP contribution >= 0.6 is 0 Å². The third kappa shape index (κ3) is 3.94. The second-order valence-corrected chi connectivity index (χ2v) is 6.27. The number of nitrogens with zero attached hydrogens (tertiary/aromatic N) is 1. The summed E-state index contributed by atoms with van der Waals surface area (Å²) < 4.78 is 5.23. The number of aromatic amines is 2. The molecule has 0 aliphatic carbocycles. The third-order valence-corrected chi connectivity index (χ3v) is 4.39. The fourth-order valence-corrected chi connectivity index (χ4v) is 2.75. The summed E-state index contributed by atoms with van der Waals surface area (Å²) in [6.07, 6.45) is 0. The van der Waals surface area contributed by atoms with Crippen LogP contribution in [0.5, 0.6) is 5.75 Å². The maximum Gasteiger partial charge on any atom is 0.323 e. The van der Waals surface area contributed by atoms with Crippen molar-refractivity contribution in [3.8, 4) is 5.75 Å². The predicted molar refractivity (Wildman–Crippen MR) is 101 cm³/mol. The highest BCUT2D eigenvalue weighted by atomic mass is 16.5. The zero-order valence-corrected chi connectivity index (χ0v) is 15.0. The van der Waals surface area contributed by atoms with Crippen molar-refractivity contribution in [3.63, 3.8) is 0 Å². The number of methoxy groups -OCH3 is 1. The number of H-pyrrole nitrogens is 2. The molecule has 1 atom stereocenters. The number of imidazole rings is 1. The van der Waals surface area contributed by atoms with E-state index in [0.717, 1.165) is 11.3 Å². The molecule has 1 amide bonds. The number of amides is 1. The van der Waals surface area contributed by atoms with E-state index in [4.69, 9.17) is 4.74 Å². The van der Waals surface area contributed by atoms with Crippen LogP contribution in [0.3, 0.4) is 0 Å². The van der Waals surface area contributed by atoms with Gasteiger partial charge in [-0.15, -0.1) is 0 Å². The first-order valence-corrected chi connectivity index (χ1v) is 8.32. The van der Waals surface area contributed by atoms with E-state index in [0.29, 0.717) is 23.3 Å². The molecule has 0 radical (unpaired) electrons. The highest BCUT2D eigenvalue weighted by Gasteiger charge is 2.18. The molecule has 1 heterocycles. The highest BCUT2D eigenvalue weighted by molar-refractivity contribution is 5.96. The Morgan fingerprint density at radius 2 is 1.96 bits per heavy atom. The van der Waals surface area contributed by atoms with Gasteiger partial charge in [-0.3, -0.25) is 9.69 Å². The average molecular weight is 354 g/mol. The van der Waals surface area contributed by atoms with Crippen LogP contribution in [-0.2, 0) is 11.3 Å². The predicted octanol–water partition coefficient (Wildman–Crippen LogP) is 2.32.